The van der Waals surface area contributed by atoms with E-state index in [1.807, 2.05) is 0 Å². The van der Waals surface area contributed by atoms with Crippen LogP contribution in [0.5, 0.6) is 0 Å². The van der Waals surface area contributed by atoms with E-state index in [0.29, 0.717) is 0 Å². The molecule has 0 N–H and O–H groups in total. The molecular formula is C64H126O7. The lowest BCUT2D eigenvalue weighted by atomic mass is 10.1. The minimum atomic E-state index is -0.384. The molecule has 0 aliphatic heterocycles. The van der Waals surface area contributed by atoms with E-state index in [4.69, 9.17) is 33.2 Å². The van der Waals surface area contributed by atoms with E-state index in [0.717, 1.165) is 104 Å². The predicted molar refractivity (Wildman–Crippen MR) is 307 cm³/mol. The van der Waals surface area contributed by atoms with Crippen molar-refractivity contribution in [2.75, 3.05) is 39.6 Å². The Morgan fingerprint density at radius 3 is 0.761 bits per heavy atom. The molecule has 2 unspecified atom stereocenters. The zero-order chi connectivity index (χ0) is 51.4. The van der Waals surface area contributed by atoms with Crippen LogP contribution in [0.3, 0.4) is 0 Å². The summed E-state index contributed by atoms with van der Waals surface area (Å²) in [5.41, 5.74) is 0. The van der Waals surface area contributed by atoms with Gasteiger partial charge in [0, 0.05) is 26.4 Å². The first-order valence-electron chi connectivity index (χ1n) is 31.8. The average Bonchev–Trinajstić information content (AvgIpc) is 3.38. The number of hydrogen-bond donors (Lipinski definition) is 0. The predicted octanol–water partition coefficient (Wildman–Crippen LogP) is 20.8. The number of ether oxygens (including phenoxy) is 7. The Bertz CT molecular complexity index is 915. The van der Waals surface area contributed by atoms with Crippen molar-refractivity contribution in [2.45, 2.75) is 349 Å². The van der Waals surface area contributed by atoms with E-state index < -0.39 is 0 Å². The van der Waals surface area contributed by atoms with Gasteiger partial charge in [0.15, 0.2) is 25.2 Å². The smallest absolute Gasteiger partial charge is 0.180 e. The van der Waals surface area contributed by atoms with Crippen LogP contribution in [0.4, 0.5) is 0 Å². The maximum absolute atomic E-state index is 6.60. The van der Waals surface area contributed by atoms with Gasteiger partial charge in [0.05, 0.1) is 13.2 Å². The number of allylic oxidation sites excluding steroid dienone is 2. The first-order chi connectivity index (χ1) is 35.1. The summed E-state index contributed by atoms with van der Waals surface area (Å²) in [7, 11) is 0. The maximum Gasteiger partial charge on any atom is 0.180 e. The fraction of sp³-hybridized carbons (Fsp3) is 0.938. The molecule has 7 nitrogen and oxygen atoms in total. The van der Waals surface area contributed by atoms with Gasteiger partial charge in [-0.2, -0.15) is 0 Å². The van der Waals surface area contributed by atoms with E-state index >= 15 is 0 Å². The van der Waals surface area contributed by atoms with Crippen molar-refractivity contribution in [1.29, 1.82) is 0 Å². The fourth-order valence-electron chi connectivity index (χ4n) is 8.96. The second kappa shape index (κ2) is 61.7. The highest BCUT2D eigenvalue weighted by Gasteiger charge is 2.15. The Hall–Kier alpha value is -0.800. The molecule has 7 heteroatoms. The minimum absolute atomic E-state index is 0.0158. The summed E-state index contributed by atoms with van der Waals surface area (Å²) >= 11 is 0. The van der Waals surface area contributed by atoms with Crippen molar-refractivity contribution in [2.24, 2.45) is 0 Å². The Morgan fingerprint density at radius 2 is 0.465 bits per heavy atom. The molecule has 0 rings (SSSR count). The molecule has 0 fully saturated rings. The van der Waals surface area contributed by atoms with Gasteiger partial charge in [-0.1, -0.05) is 246 Å². The van der Waals surface area contributed by atoms with Gasteiger partial charge >= 0.3 is 0 Å². The van der Waals surface area contributed by atoms with Crippen LogP contribution >= 0.6 is 0 Å². The Kier molecular flexibility index (Phi) is 61.0. The van der Waals surface area contributed by atoms with Gasteiger partial charge in [-0.15, -0.1) is 0 Å². The van der Waals surface area contributed by atoms with Gasteiger partial charge in [0.2, 0.25) is 0 Å². The number of unbranched alkanes of at least 4 members (excludes halogenated alkanes) is 34. The van der Waals surface area contributed by atoms with E-state index in [9.17, 15) is 0 Å². The first kappa shape index (κ1) is 70.2. The summed E-state index contributed by atoms with van der Waals surface area (Å²) < 4.78 is 44.2. The van der Waals surface area contributed by atoms with Crippen LogP contribution in [0.25, 0.3) is 0 Å². The van der Waals surface area contributed by atoms with Crippen molar-refractivity contribution in [3.63, 3.8) is 0 Å². The van der Waals surface area contributed by atoms with Crippen molar-refractivity contribution >= 4 is 0 Å². The van der Waals surface area contributed by atoms with Gasteiger partial charge in [0.25, 0.3) is 0 Å². The molecule has 0 aliphatic rings. The summed E-state index contributed by atoms with van der Waals surface area (Å²) in [6.45, 7) is 18.4. The fourth-order valence-corrected chi connectivity index (χ4v) is 8.96. The largest absolute Gasteiger partial charge is 0.353 e. The molecule has 0 spiro atoms. The van der Waals surface area contributed by atoms with Gasteiger partial charge in [-0.3, -0.25) is 0 Å². The summed E-state index contributed by atoms with van der Waals surface area (Å²) in [6, 6.07) is 0. The van der Waals surface area contributed by atoms with Crippen LogP contribution in [0.2, 0.25) is 0 Å². The number of rotatable bonds is 62. The highest BCUT2D eigenvalue weighted by atomic mass is 16.8. The van der Waals surface area contributed by atoms with Crippen molar-refractivity contribution in [3.8, 4) is 0 Å². The zero-order valence-corrected chi connectivity index (χ0v) is 48.8. The summed E-state index contributed by atoms with van der Waals surface area (Å²) in [5.74, 6) is 0. The lowest BCUT2D eigenvalue weighted by molar-refractivity contribution is -0.208. The minimum Gasteiger partial charge on any atom is -0.353 e. The number of hydrogen-bond acceptors (Lipinski definition) is 7. The highest BCUT2D eigenvalue weighted by Crippen LogP contribution is 2.18. The quantitative estimate of drug-likeness (QED) is 0.0342. The van der Waals surface area contributed by atoms with Crippen molar-refractivity contribution < 1.29 is 33.2 Å². The van der Waals surface area contributed by atoms with Crippen molar-refractivity contribution in [3.05, 3.63) is 24.3 Å². The lowest BCUT2D eigenvalue weighted by Gasteiger charge is -2.22. The summed E-state index contributed by atoms with van der Waals surface area (Å²) in [5, 5.41) is 0. The maximum atomic E-state index is 6.60. The summed E-state index contributed by atoms with van der Waals surface area (Å²) in [6.07, 6.45) is 62.2. The Morgan fingerprint density at radius 1 is 0.239 bits per heavy atom. The molecule has 0 saturated heterocycles. The summed E-state index contributed by atoms with van der Waals surface area (Å²) in [4.78, 5) is 0. The topological polar surface area (TPSA) is 64.6 Å². The third kappa shape index (κ3) is 55.3. The van der Waals surface area contributed by atoms with Crippen LogP contribution in [-0.4, -0.2) is 64.8 Å². The third-order valence-electron chi connectivity index (χ3n) is 13.7. The molecule has 0 aliphatic carbocycles. The third-order valence-corrected chi connectivity index (χ3v) is 13.7. The Labute approximate surface area is 444 Å². The van der Waals surface area contributed by atoms with Crippen molar-refractivity contribution in [1.82, 2.24) is 0 Å². The molecule has 0 radical (unpaired) electrons. The first-order valence-corrected chi connectivity index (χ1v) is 31.8. The monoisotopic (exact) mass is 1010 g/mol. The average molecular weight is 1010 g/mol. The molecule has 0 aromatic rings. The molecule has 71 heavy (non-hydrogen) atoms. The molecule has 0 amide bonds. The SMILES string of the molecule is CCCCCCCOC(C=CCCCCCCCCCC(OCCCCCC)OCCCCCC)OC(C=CCCCCCCCCCC(OCCCCCC)OCCCCCC)OCCCCCCC. The van der Waals surface area contributed by atoms with Gasteiger partial charge in [-0.25, -0.2) is 0 Å². The molecular weight excluding hydrogens is 881 g/mol. The second-order valence-electron chi connectivity index (χ2n) is 21.0. The van der Waals surface area contributed by atoms with Crippen LogP contribution in [0, 0.1) is 0 Å². The molecule has 424 valence electrons. The molecule has 0 aromatic carbocycles. The van der Waals surface area contributed by atoms with Crippen LogP contribution in [0.1, 0.15) is 324 Å². The van der Waals surface area contributed by atoms with E-state index in [-0.39, 0.29) is 25.2 Å². The Balaban J connectivity index is 4.89. The normalized spacial score (nSPS) is 13.1. The zero-order valence-electron chi connectivity index (χ0n) is 48.8. The molecule has 0 aromatic heterocycles. The molecule has 0 heterocycles. The highest BCUT2D eigenvalue weighted by molar-refractivity contribution is 4.90. The molecule has 0 saturated carbocycles. The lowest BCUT2D eigenvalue weighted by Crippen LogP contribution is -2.25. The van der Waals surface area contributed by atoms with Crippen LogP contribution < -0.4 is 0 Å². The van der Waals surface area contributed by atoms with E-state index in [2.05, 4.69) is 65.8 Å². The standard InChI is InChI=1S/C64H126O7/c1-7-13-19-39-49-59-69-63(53-43-37-33-29-25-27-31-35-41-51-61(65-55-45-21-15-9-3)66-56-46-22-16-10-4)71-64(70-60-50-40-20-14-8-2)54-44-38-34-30-26-28-32-36-42-52-62(67-57-47-23-17-11-5)68-58-48-24-18-12-6/h43-44,53-54,61-64H,7-42,45-52,55-60H2,1-6H3. The molecule has 0 bridgehead atoms. The van der Waals surface area contributed by atoms with E-state index in [1.165, 1.54) is 218 Å². The van der Waals surface area contributed by atoms with Crippen LogP contribution in [-0.2, 0) is 33.2 Å². The molecule has 2 atom stereocenters. The van der Waals surface area contributed by atoms with Gasteiger partial charge < -0.3 is 33.2 Å². The van der Waals surface area contributed by atoms with Gasteiger partial charge in [0.1, 0.15) is 0 Å². The second-order valence-corrected chi connectivity index (χ2v) is 21.0. The van der Waals surface area contributed by atoms with Crippen LogP contribution in [0.15, 0.2) is 24.3 Å². The van der Waals surface area contributed by atoms with E-state index in [1.54, 1.807) is 0 Å². The van der Waals surface area contributed by atoms with Gasteiger partial charge in [-0.05, 0) is 102 Å².